The number of carbonyl (C=O) groups is 1. The molecule has 0 fully saturated rings. The lowest BCUT2D eigenvalue weighted by Crippen LogP contribution is -1.98. The largest absolute Gasteiger partial charge is 0.508 e. The van der Waals surface area contributed by atoms with Crippen molar-refractivity contribution in [3.63, 3.8) is 0 Å². The third-order valence-electron chi connectivity index (χ3n) is 2.16. The zero-order valence-electron chi connectivity index (χ0n) is 8.83. The molecule has 0 saturated heterocycles. The number of hydrogen-bond donors (Lipinski definition) is 2. The van der Waals surface area contributed by atoms with Crippen LogP contribution in [-0.4, -0.2) is 16.2 Å². The molecule has 4 heteroatoms. The molecule has 2 aromatic carbocycles. The minimum atomic E-state index is -1.04. The molecule has 2 rings (SSSR count). The predicted octanol–water partition coefficient (Wildman–Crippen LogP) is 3.24. The van der Waals surface area contributed by atoms with E-state index in [1.807, 2.05) is 30.3 Å². The second-order valence-electron chi connectivity index (χ2n) is 3.40. The Morgan fingerprint density at radius 2 is 1.76 bits per heavy atom. The Hall–Kier alpha value is -1.94. The fourth-order valence-electron chi connectivity index (χ4n) is 1.39. The van der Waals surface area contributed by atoms with Crippen molar-refractivity contribution in [3.05, 3.63) is 54.1 Å². The van der Waals surface area contributed by atoms with E-state index >= 15 is 0 Å². The van der Waals surface area contributed by atoms with Crippen molar-refractivity contribution in [1.82, 2.24) is 0 Å². The van der Waals surface area contributed by atoms with Gasteiger partial charge < -0.3 is 10.2 Å². The van der Waals surface area contributed by atoms with E-state index < -0.39 is 5.97 Å². The maximum absolute atomic E-state index is 11.0. The van der Waals surface area contributed by atoms with Gasteiger partial charge in [-0.25, -0.2) is 4.79 Å². The molecule has 2 N–H and O–H groups in total. The average Bonchev–Trinajstić information content (AvgIpc) is 2.32. The summed E-state index contributed by atoms with van der Waals surface area (Å²) < 4.78 is 0. The van der Waals surface area contributed by atoms with Gasteiger partial charge in [-0.05, 0) is 30.3 Å². The first-order valence-electron chi connectivity index (χ1n) is 4.96. The highest BCUT2D eigenvalue weighted by molar-refractivity contribution is 7.99. The molecule has 0 amide bonds. The van der Waals surface area contributed by atoms with Crippen molar-refractivity contribution in [3.8, 4) is 5.75 Å². The second kappa shape index (κ2) is 4.93. The quantitative estimate of drug-likeness (QED) is 0.872. The number of phenols is 1. The van der Waals surface area contributed by atoms with Gasteiger partial charge in [0, 0.05) is 9.79 Å². The highest BCUT2D eigenvalue weighted by Crippen LogP contribution is 2.32. The normalized spacial score (nSPS) is 10.1. The van der Waals surface area contributed by atoms with Gasteiger partial charge in [0.1, 0.15) is 5.75 Å². The molecular formula is C13H10O3S. The van der Waals surface area contributed by atoms with E-state index in [4.69, 9.17) is 5.11 Å². The van der Waals surface area contributed by atoms with Gasteiger partial charge >= 0.3 is 5.97 Å². The van der Waals surface area contributed by atoms with E-state index in [9.17, 15) is 9.90 Å². The first kappa shape index (κ1) is 11.5. The molecule has 0 aliphatic carbocycles. The van der Waals surface area contributed by atoms with E-state index in [1.54, 1.807) is 6.07 Å². The lowest BCUT2D eigenvalue weighted by molar-refractivity contribution is 0.0692. The van der Waals surface area contributed by atoms with E-state index in [2.05, 4.69) is 0 Å². The number of aromatic hydroxyl groups is 1. The Bertz CT molecular complexity index is 538. The van der Waals surface area contributed by atoms with Gasteiger partial charge in [-0.1, -0.05) is 30.0 Å². The maximum atomic E-state index is 11.0. The Kier molecular flexibility index (Phi) is 3.35. The van der Waals surface area contributed by atoms with Crippen LogP contribution in [0.5, 0.6) is 5.75 Å². The van der Waals surface area contributed by atoms with Crippen LogP contribution >= 0.6 is 11.8 Å². The molecule has 0 spiro atoms. The van der Waals surface area contributed by atoms with Gasteiger partial charge in [-0.3, -0.25) is 0 Å². The van der Waals surface area contributed by atoms with Crippen LogP contribution in [0.15, 0.2) is 58.3 Å². The average molecular weight is 246 g/mol. The van der Waals surface area contributed by atoms with Gasteiger partial charge in [0.15, 0.2) is 0 Å². The summed E-state index contributed by atoms with van der Waals surface area (Å²) in [6, 6.07) is 13.8. The highest BCUT2D eigenvalue weighted by atomic mass is 32.2. The van der Waals surface area contributed by atoms with Crippen LogP contribution in [0, 0.1) is 0 Å². The standard InChI is InChI=1S/C13H10O3S/c14-9-6-7-12(11(8-9)13(15)16)17-10-4-2-1-3-5-10/h1-8,14H,(H,15,16). The Balaban J connectivity index is 2.36. The van der Waals surface area contributed by atoms with Gasteiger partial charge in [-0.15, -0.1) is 0 Å². The van der Waals surface area contributed by atoms with Crippen LogP contribution in [-0.2, 0) is 0 Å². The molecule has 0 aliphatic heterocycles. The Morgan fingerprint density at radius 1 is 1.06 bits per heavy atom. The number of carboxylic acids is 1. The van der Waals surface area contributed by atoms with Crippen LogP contribution in [0.4, 0.5) is 0 Å². The van der Waals surface area contributed by atoms with Crippen LogP contribution in [0.25, 0.3) is 0 Å². The lowest BCUT2D eigenvalue weighted by atomic mass is 10.2. The monoisotopic (exact) mass is 246 g/mol. The van der Waals surface area contributed by atoms with Crippen LogP contribution in [0.2, 0.25) is 0 Å². The molecule has 2 aromatic rings. The molecule has 0 saturated carbocycles. The van der Waals surface area contributed by atoms with Crippen LogP contribution in [0.3, 0.4) is 0 Å². The van der Waals surface area contributed by atoms with Gasteiger partial charge in [0.05, 0.1) is 5.56 Å². The molecule has 0 unspecified atom stereocenters. The summed E-state index contributed by atoms with van der Waals surface area (Å²) in [5.41, 5.74) is 0.110. The summed E-state index contributed by atoms with van der Waals surface area (Å²) in [5.74, 6) is -1.08. The van der Waals surface area contributed by atoms with Crippen molar-refractivity contribution in [2.24, 2.45) is 0 Å². The van der Waals surface area contributed by atoms with Gasteiger partial charge in [0.2, 0.25) is 0 Å². The van der Waals surface area contributed by atoms with Crippen molar-refractivity contribution in [2.75, 3.05) is 0 Å². The molecular weight excluding hydrogens is 236 g/mol. The lowest BCUT2D eigenvalue weighted by Gasteiger charge is -2.06. The number of carboxylic acid groups (broad SMARTS) is 1. The fraction of sp³-hybridized carbons (Fsp3) is 0. The Labute approximate surface area is 103 Å². The van der Waals surface area contributed by atoms with E-state index in [-0.39, 0.29) is 11.3 Å². The summed E-state index contributed by atoms with van der Waals surface area (Å²) >= 11 is 1.36. The molecule has 0 radical (unpaired) electrons. The van der Waals surface area contributed by atoms with Crippen LogP contribution < -0.4 is 0 Å². The van der Waals surface area contributed by atoms with E-state index in [0.29, 0.717) is 4.90 Å². The molecule has 0 atom stereocenters. The van der Waals surface area contributed by atoms with Gasteiger partial charge in [0.25, 0.3) is 0 Å². The smallest absolute Gasteiger partial charge is 0.336 e. The van der Waals surface area contributed by atoms with Crippen molar-refractivity contribution < 1.29 is 15.0 Å². The first-order chi connectivity index (χ1) is 8.16. The van der Waals surface area contributed by atoms with Crippen molar-refractivity contribution in [1.29, 1.82) is 0 Å². The minimum absolute atomic E-state index is 0.0418. The molecule has 0 heterocycles. The SMILES string of the molecule is O=C(O)c1cc(O)ccc1Sc1ccccc1. The predicted molar refractivity (Wildman–Crippen MR) is 65.6 cm³/mol. The van der Waals surface area contributed by atoms with E-state index in [0.717, 1.165) is 4.90 Å². The number of hydrogen-bond acceptors (Lipinski definition) is 3. The van der Waals surface area contributed by atoms with Crippen molar-refractivity contribution in [2.45, 2.75) is 9.79 Å². The minimum Gasteiger partial charge on any atom is -0.508 e. The third kappa shape index (κ3) is 2.79. The summed E-state index contributed by atoms with van der Waals surface area (Å²) in [6.07, 6.45) is 0. The molecule has 17 heavy (non-hydrogen) atoms. The summed E-state index contributed by atoms with van der Waals surface area (Å²) in [7, 11) is 0. The number of rotatable bonds is 3. The number of phenolic OH excluding ortho intramolecular Hbond substituents is 1. The maximum Gasteiger partial charge on any atom is 0.336 e. The first-order valence-corrected chi connectivity index (χ1v) is 5.77. The third-order valence-corrected chi connectivity index (χ3v) is 3.25. The van der Waals surface area contributed by atoms with Gasteiger partial charge in [-0.2, -0.15) is 0 Å². The molecule has 0 aromatic heterocycles. The number of benzene rings is 2. The van der Waals surface area contributed by atoms with E-state index in [1.165, 1.54) is 23.9 Å². The fourth-order valence-corrected chi connectivity index (χ4v) is 2.33. The summed E-state index contributed by atoms with van der Waals surface area (Å²) in [4.78, 5) is 12.6. The summed E-state index contributed by atoms with van der Waals surface area (Å²) in [6.45, 7) is 0. The topological polar surface area (TPSA) is 57.5 Å². The summed E-state index contributed by atoms with van der Waals surface area (Å²) in [5, 5.41) is 18.3. The highest BCUT2D eigenvalue weighted by Gasteiger charge is 2.11. The van der Waals surface area contributed by atoms with Crippen molar-refractivity contribution >= 4 is 17.7 Å². The molecule has 0 aliphatic rings. The zero-order valence-corrected chi connectivity index (χ0v) is 9.65. The number of aromatic carboxylic acids is 1. The molecule has 3 nitrogen and oxygen atoms in total. The second-order valence-corrected chi connectivity index (χ2v) is 4.52. The Morgan fingerprint density at radius 3 is 2.41 bits per heavy atom. The zero-order chi connectivity index (χ0) is 12.3. The van der Waals surface area contributed by atoms with Crippen LogP contribution in [0.1, 0.15) is 10.4 Å². The molecule has 0 bridgehead atoms. The molecule has 86 valence electrons.